The van der Waals surface area contributed by atoms with Gasteiger partial charge in [-0.25, -0.2) is 0 Å². The third-order valence-electron chi connectivity index (χ3n) is 8.31. The van der Waals surface area contributed by atoms with Gasteiger partial charge in [0.15, 0.2) is 0 Å². The average Bonchev–Trinajstić information content (AvgIpc) is 3.41. The molecule has 0 amide bonds. The van der Waals surface area contributed by atoms with Crippen molar-refractivity contribution in [2.24, 2.45) is 23.2 Å². The molecule has 5 nitrogen and oxygen atoms in total. The molecule has 5 heteroatoms. The van der Waals surface area contributed by atoms with Crippen LogP contribution < -0.4 is 10.1 Å². The first-order valence-electron chi connectivity index (χ1n) is 11.3. The van der Waals surface area contributed by atoms with Crippen LogP contribution in [0.25, 0.3) is 0 Å². The minimum absolute atomic E-state index is 0.0277. The number of benzene rings is 1. The summed E-state index contributed by atoms with van der Waals surface area (Å²) in [6.07, 6.45) is 6.88. The Bertz CT molecular complexity index is 776. The van der Waals surface area contributed by atoms with Crippen molar-refractivity contribution in [3.63, 3.8) is 0 Å². The maximum Gasteiger partial charge on any atom is 0.315 e. The molecule has 1 aromatic rings. The maximum atomic E-state index is 12.7. The first kappa shape index (κ1) is 19.4. The lowest BCUT2D eigenvalue weighted by atomic mass is 9.53. The van der Waals surface area contributed by atoms with E-state index in [0.717, 1.165) is 44.7 Å². The van der Waals surface area contributed by atoms with Gasteiger partial charge in [-0.05, 0) is 55.1 Å². The second kappa shape index (κ2) is 7.28. The van der Waals surface area contributed by atoms with Crippen LogP contribution in [-0.4, -0.2) is 44.5 Å². The highest BCUT2D eigenvalue weighted by atomic mass is 16.6. The van der Waals surface area contributed by atoms with Crippen molar-refractivity contribution in [1.82, 2.24) is 0 Å². The molecule has 1 spiro atoms. The zero-order valence-corrected chi connectivity index (χ0v) is 17.7. The third kappa shape index (κ3) is 3.36. The number of esters is 1. The summed E-state index contributed by atoms with van der Waals surface area (Å²) in [4.78, 5) is 12.7. The number of methoxy groups -OCH3 is 1. The number of hydrogen-bond donors (Lipinski definition) is 1. The van der Waals surface area contributed by atoms with Gasteiger partial charge in [0.05, 0.1) is 32.4 Å². The molecule has 0 unspecified atom stereocenters. The highest BCUT2D eigenvalue weighted by Crippen LogP contribution is 2.62. The van der Waals surface area contributed by atoms with E-state index in [9.17, 15) is 4.79 Å². The second-order valence-corrected chi connectivity index (χ2v) is 9.97. The van der Waals surface area contributed by atoms with Crippen molar-refractivity contribution in [3.8, 4) is 5.75 Å². The van der Waals surface area contributed by atoms with E-state index in [1.165, 1.54) is 24.8 Å². The summed E-state index contributed by atoms with van der Waals surface area (Å²) in [6.45, 7) is 5.12. The Morgan fingerprint density at radius 1 is 1.28 bits per heavy atom. The highest BCUT2D eigenvalue weighted by Gasteiger charge is 2.65. The van der Waals surface area contributed by atoms with Gasteiger partial charge in [-0.3, -0.25) is 4.79 Å². The molecular formula is C24H34NO4+. The molecule has 2 N–H and O–H groups in total. The van der Waals surface area contributed by atoms with Crippen LogP contribution in [0, 0.1) is 23.2 Å². The number of ether oxygens (including phenoxy) is 3. The quantitative estimate of drug-likeness (QED) is 0.452. The van der Waals surface area contributed by atoms with Crippen LogP contribution in [-0.2, 0) is 20.7 Å². The van der Waals surface area contributed by atoms with Crippen LogP contribution in [0.1, 0.15) is 44.6 Å². The van der Waals surface area contributed by atoms with Crippen molar-refractivity contribution in [2.45, 2.75) is 57.2 Å². The van der Waals surface area contributed by atoms with E-state index in [1.54, 1.807) is 7.11 Å². The topological polar surface area (TPSA) is 64.7 Å². The smallest absolute Gasteiger partial charge is 0.315 e. The summed E-state index contributed by atoms with van der Waals surface area (Å²) in [5.74, 6) is 1.96. The molecular weight excluding hydrogens is 366 g/mol. The molecule has 29 heavy (non-hydrogen) atoms. The van der Waals surface area contributed by atoms with Gasteiger partial charge < -0.3 is 19.5 Å². The van der Waals surface area contributed by atoms with Crippen LogP contribution in [0.4, 0.5) is 0 Å². The summed E-state index contributed by atoms with van der Waals surface area (Å²) < 4.78 is 17.4. The Labute approximate surface area is 173 Å². The van der Waals surface area contributed by atoms with Gasteiger partial charge in [0.1, 0.15) is 17.8 Å². The predicted octanol–water partition coefficient (Wildman–Crippen LogP) is 2.33. The van der Waals surface area contributed by atoms with E-state index in [1.807, 2.05) is 12.1 Å². The number of epoxide rings is 1. The Hall–Kier alpha value is -1.59. The molecule has 4 aliphatic rings. The zero-order chi connectivity index (χ0) is 20.1. The fraction of sp³-hybridized carbons (Fsp3) is 0.708. The summed E-state index contributed by atoms with van der Waals surface area (Å²) >= 11 is 0. The lowest BCUT2D eigenvalue weighted by molar-refractivity contribution is -0.658. The van der Waals surface area contributed by atoms with Crippen molar-refractivity contribution < 1.29 is 24.3 Å². The van der Waals surface area contributed by atoms with Gasteiger partial charge in [-0.1, -0.05) is 25.1 Å². The fourth-order valence-corrected chi connectivity index (χ4v) is 6.69. The van der Waals surface area contributed by atoms with Crippen LogP contribution in [0.5, 0.6) is 5.75 Å². The van der Waals surface area contributed by atoms with Gasteiger partial charge in [-0.15, -0.1) is 0 Å². The normalized spacial score (nSPS) is 40.3. The number of carbonyl (C=O) groups is 1. The molecule has 6 atom stereocenters. The summed E-state index contributed by atoms with van der Waals surface area (Å²) in [5.41, 5.74) is 1.63. The van der Waals surface area contributed by atoms with E-state index in [0.29, 0.717) is 11.8 Å². The van der Waals surface area contributed by atoms with Crippen LogP contribution in [0.15, 0.2) is 24.3 Å². The Balaban J connectivity index is 1.21. The first-order chi connectivity index (χ1) is 14.0. The molecule has 158 valence electrons. The maximum absolute atomic E-state index is 12.7. The molecule has 2 aliphatic carbocycles. The van der Waals surface area contributed by atoms with E-state index in [-0.39, 0.29) is 29.0 Å². The molecule has 1 aromatic carbocycles. The number of para-hydroxylation sites is 1. The number of hydrogen-bond acceptors (Lipinski definition) is 4. The highest BCUT2D eigenvalue weighted by molar-refractivity contribution is 5.75. The van der Waals surface area contributed by atoms with Crippen molar-refractivity contribution in [1.29, 1.82) is 0 Å². The Morgan fingerprint density at radius 2 is 2.10 bits per heavy atom. The first-order valence-corrected chi connectivity index (χ1v) is 11.3. The zero-order valence-electron chi connectivity index (χ0n) is 17.7. The summed E-state index contributed by atoms with van der Waals surface area (Å²) in [7, 11) is 1.72. The number of quaternary nitrogens is 1. The molecule has 0 aromatic heterocycles. The van der Waals surface area contributed by atoms with E-state index in [2.05, 4.69) is 24.4 Å². The van der Waals surface area contributed by atoms with Crippen molar-refractivity contribution in [3.05, 3.63) is 29.8 Å². The predicted molar refractivity (Wildman–Crippen MR) is 109 cm³/mol. The SMILES string of the molecule is COc1ccccc1CC[NH2+]C[C@@H]1C(=O)O[C@@H]2C[C@@]3(C)CCC[C@]4(CO4)[C@H]3C[C@H]12. The Morgan fingerprint density at radius 3 is 2.90 bits per heavy atom. The molecule has 2 heterocycles. The van der Waals surface area contributed by atoms with E-state index >= 15 is 0 Å². The second-order valence-electron chi connectivity index (χ2n) is 9.97. The molecule has 2 aliphatic heterocycles. The van der Waals surface area contributed by atoms with Gasteiger partial charge >= 0.3 is 5.97 Å². The monoisotopic (exact) mass is 400 g/mol. The number of rotatable bonds is 6. The van der Waals surface area contributed by atoms with Gasteiger partial charge in [-0.2, -0.15) is 0 Å². The van der Waals surface area contributed by atoms with Gasteiger partial charge in [0.2, 0.25) is 0 Å². The fourth-order valence-electron chi connectivity index (χ4n) is 6.69. The average molecular weight is 401 g/mol. The lowest BCUT2D eigenvalue weighted by Gasteiger charge is -2.51. The third-order valence-corrected chi connectivity index (χ3v) is 8.31. The number of nitrogens with two attached hydrogens (primary N) is 1. The molecule has 0 radical (unpaired) electrons. The van der Waals surface area contributed by atoms with Gasteiger partial charge in [0, 0.05) is 12.3 Å². The summed E-state index contributed by atoms with van der Waals surface area (Å²) in [6, 6.07) is 8.18. The van der Waals surface area contributed by atoms with Crippen LogP contribution in [0.3, 0.4) is 0 Å². The van der Waals surface area contributed by atoms with E-state index in [4.69, 9.17) is 14.2 Å². The summed E-state index contributed by atoms with van der Waals surface area (Å²) in [5, 5.41) is 2.29. The lowest BCUT2D eigenvalue weighted by Crippen LogP contribution is -2.86. The molecule has 4 fully saturated rings. The largest absolute Gasteiger partial charge is 0.496 e. The Kier molecular flexibility index (Phi) is 4.86. The standard InChI is InChI=1S/C24H33NO4/c1-23-9-5-10-24(15-28-24)21(23)12-17-18(22(26)29-20(17)13-23)14-25-11-8-16-6-3-4-7-19(16)27-2/h3-4,6-7,17-18,20-21,25H,5,8-15H2,1-2H3/p+1/t17-,18+,20-,21+,23-,24+/m1/s1. The van der Waals surface area contributed by atoms with Crippen LogP contribution >= 0.6 is 0 Å². The molecule has 2 saturated carbocycles. The van der Waals surface area contributed by atoms with Crippen molar-refractivity contribution in [2.75, 3.05) is 26.8 Å². The van der Waals surface area contributed by atoms with Gasteiger partial charge in [0.25, 0.3) is 0 Å². The number of carbonyl (C=O) groups excluding carboxylic acids is 1. The minimum atomic E-state index is 0.0277. The van der Waals surface area contributed by atoms with Crippen molar-refractivity contribution >= 4 is 5.97 Å². The minimum Gasteiger partial charge on any atom is -0.496 e. The molecule has 5 rings (SSSR count). The molecule has 2 saturated heterocycles. The van der Waals surface area contributed by atoms with Crippen LogP contribution in [0.2, 0.25) is 0 Å². The van der Waals surface area contributed by atoms with E-state index < -0.39 is 0 Å². The molecule has 0 bridgehead atoms. The number of fused-ring (bicyclic) bond motifs is 3.